The summed E-state index contributed by atoms with van der Waals surface area (Å²) >= 11 is 0. The van der Waals surface area contributed by atoms with Gasteiger partial charge in [-0.25, -0.2) is 4.79 Å². The fraction of sp³-hybridized carbons (Fsp3) is 0.500. The Hall–Kier alpha value is -0.950. The summed E-state index contributed by atoms with van der Waals surface area (Å²) in [7, 11) is 0. The second kappa shape index (κ2) is 1.67. The second-order valence-electron chi connectivity index (χ2n) is 1.33. The maximum atomic E-state index is 9.72. The van der Waals surface area contributed by atoms with Gasteiger partial charge in [-0.05, 0) is 0 Å². The summed E-state index contributed by atoms with van der Waals surface area (Å²) in [6.07, 6.45) is 0. The van der Waals surface area contributed by atoms with E-state index in [4.69, 9.17) is 0 Å². The molecule has 7 heavy (non-hydrogen) atoms. The molecule has 3 nitrogen and oxygen atoms in total. The molecule has 0 aromatic heterocycles. The van der Waals surface area contributed by atoms with Crippen molar-refractivity contribution < 1.29 is 4.79 Å². The van der Waals surface area contributed by atoms with Gasteiger partial charge in [0.15, 0.2) is 11.8 Å². The van der Waals surface area contributed by atoms with E-state index in [0.29, 0.717) is 5.82 Å². The van der Waals surface area contributed by atoms with Gasteiger partial charge >= 0.3 is 0 Å². The fourth-order valence-electron chi connectivity index (χ4n) is 0.510. The predicted octanol–water partition coefficient (Wildman–Crippen LogP) is -1.15. The zero-order valence-corrected chi connectivity index (χ0v) is 3.82. The van der Waals surface area contributed by atoms with Crippen LogP contribution in [0.15, 0.2) is 5.82 Å². The first-order chi connectivity index (χ1) is 3.43. The maximum Gasteiger partial charge on any atom is 0.186 e. The Kier molecular flexibility index (Phi) is 1.00. The lowest BCUT2D eigenvalue weighted by Crippen LogP contribution is -2.09. The molecule has 38 valence electrons. The summed E-state index contributed by atoms with van der Waals surface area (Å²) in [5.41, 5.74) is 0. The Labute approximate surface area is 41.4 Å². The van der Waals surface area contributed by atoms with Gasteiger partial charge in [0.2, 0.25) is 0 Å². The molecular weight excluding hydrogens is 92.1 g/mol. The topological polar surface area (TPSA) is 41.1 Å². The van der Waals surface area contributed by atoms with E-state index in [9.17, 15) is 4.79 Å². The molecule has 0 unspecified atom stereocenters. The zero-order chi connectivity index (χ0) is 5.11. The van der Waals surface area contributed by atoms with Gasteiger partial charge in [0, 0.05) is 13.1 Å². The minimum absolute atomic E-state index is 0.486. The molecule has 1 heterocycles. The van der Waals surface area contributed by atoms with Crippen molar-refractivity contribution in [2.75, 3.05) is 13.1 Å². The van der Waals surface area contributed by atoms with Gasteiger partial charge in [-0.15, -0.1) is 0 Å². The second-order valence-corrected chi connectivity index (χ2v) is 1.33. The van der Waals surface area contributed by atoms with Crippen LogP contribution in [0.2, 0.25) is 0 Å². The lowest BCUT2D eigenvalue weighted by molar-refractivity contribution is 0.564. The first-order valence-electron chi connectivity index (χ1n) is 2.16. The van der Waals surface area contributed by atoms with Gasteiger partial charge in [0.05, 0.1) is 0 Å². The molecule has 1 rings (SSSR count). The van der Waals surface area contributed by atoms with Crippen LogP contribution in [-0.4, -0.2) is 19.0 Å². The molecular formula is C4H6N2O. The van der Waals surface area contributed by atoms with Crippen molar-refractivity contribution in [1.29, 1.82) is 0 Å². The number of nitrogens with one attached hydrogen (secondary N) is 2. The number of hydrogen-bond donors (Lipinski definition) is 2. The van der Waals surface area contributed by atoms with Crippen molar-refractivity contribution in [3.63, 3.8) is 0 Å². The van der Waals surface area contributed by atoms with Crippen LogP contribution in [0.1, 0.15) is 0 Å². The molecule has 1 aliphatic heterocycles. The van der Waals surface area contributed by atoms with E-state index in [1.807, 2.05) is 0 Å². The van der Waals surface area contributed by atoms with Crippen molar-refractivity contribution in [3.05, 3.63) is 5.82 Å². The first kappa shape index (κ1) is 4.22. The van der Waals surface area contributed by atoms with E-state index >= 15 is 0 Å². The summed E-state index contributed by atoms with van der Waals surface area (Å²) in [5.74, 6) is 2.19. The Bertz CT molecular complexity index is 107. The number of hydrogen-bond acceptors (Lipinski definition) is 3. The summed E-state index contributed by atoms with van der Waals surface area (Å²) < 4.78 is 0. The van der Waals surface area contributed by atoms with Crippen LogP contribution in [0.25, 0.3) is 0 Å². The molecule has 0 atom stereocenters. The lowest BCUT2D eigenvalue weighted by Gasteiger charge is -1.85. The van der Waals surface area contributed by atoms with Crippen LogP contribution in [0.3, 0.4) is 0 Å². The third-order valence-corrected chi connectivity index (χ3v) is 0.831. The van der Waals surface area contributed by atoms with Crippen LogP contribution in [0.4, 0.5) is 0 Å². The molecule has 0 aromatic carbocycles. The molecule has 1 aliphatic rings. The van der Waals surface area contributed by atoms with Gasteiger partial charge < -0.3 is 10.6 Å². The van der Waals surface area contributed by atoms with Crippen LogP contribution >= 0.6 is 0 Å². The van der Waals surface area contributed by atoms with Gasteiger partial charge in [-0.1, -0.05) is 0 Å². The van der Waals surface area contributed by atoms with E-state index in [2.05, 4.69) is 10.6 Å². The normalized spacial score (nSPS) is 17.4. The average Bonchev–Trinajstić information content (AvgIpc) is 2.14. The molecule has 1 saturated heterocycles. The molecule has 0 bridgehead atoms. The third-order valence-electron chi connectivity index (χ3n) is 0.831. The molecule has 0 radical (unpaired) electrons. The SMILES string of the molecule is O=C=C1NCCN1. The number of rotatable bonds is 0. The highest BCUT2D eigenvalue weighted by molar-refractivity contribution is 5.51. The largest absolute Gasteiger partial charge is 0.361 e. The van der Waals surface area contributed by atoms with E-state index in [1.54, 1.807) is 5.94 Å². The van der Waals surface area contributed by atoms with Crippen LogP contribution in [-0.2, 0) is 4.79 Å². The summed E-state index contributed by atoms with van der Waals surface area (Å²) in [4.78, 5) is 9.72. The summed E-state index contributed by atoms with van der Waals surface area (Å²) in [6.45, 7) is 1.68. The Morgan fingerprint density at radius 3 is 2.29 bits per heavy atom. The molecule has 0 aliphatic carbocycles. The van der Waals surface area contributed by atoms with Crippen LogP contribution < -0.4 is 10.6 Å². The van der Waals surface area contributed by atoms with E-state index in [0.717, 1.165) is 13.1 Å². The maximum absolute atomic E-state index is 9.72. The molecule has 2 N–H and O–H groups in total. The molecule has 0 amide bonds. The quantitative estimate of drug-likeness (QED) is 0.376. The highest BCUT2D eigenvalue weighted by Gasteiger charge is 2.00. The predicted molar refractivity (Wildman–Crippen MR) is 25.2 cm³/mol. The van der Waals surface area contributed by atoms with E-state index in [1.165, 1.54) is 0 Å². The molecule has 0 aromatic rings. The minimum Gasteiger partial charge on any atom is -0.361 e. The highest BCUT2D eigenvalue weighted by Crippen LogP contribution is 1.79. The van der Waals surface area contributed by atoms with Crippen molar-refractivity contribution in [2.45, 2.75) is 0 Å². The summed E-state index contributed by atoms with van der Waals surface area (Å²) in [6, 6.07) is 0. The first-order valence-corrected chi connectivity index (χ1v) is 2.16. The molecule has 1 fully saturated rings. The Morgan fingerprint density at radius 1 is 1.43 bits per heavy atom. The third kappa shape index (κ3) is 0.725. The zero-order valence-electron chi connectivity index (χ0n) is 3.82. The Morgan fingerprint density at radius 2 is 2.00 bits per heavy atom. The minimum atomic E-state index is 0.486. The summed E-state index contributed by atoms with van der Waals surface area (Å²) in [5, 5.41) is 5.58. The van der Waals surface area contributed by atoms with Crippen molar-refractivity contribution >= 4 is 5.94 Å². The van der Waals surface area contributed by atoms with Crippen molar-refractivity contribution in [1.82, 2.24) is 10.6 Å². The standard InChI is InChI=1S/C4H6N2O/c7-3-4-5-1-2-6-4/h5-6H,1-2H2. The lowest BCUT2D eigenvalue weighted by atomic mass is 10.7. The van der Waals surface area contributed by atoms with Crippen molar-refractivity contribution in [3.8, 4) is 0 Å². The van der Waals surface area contributed by atoms with Gasteiger partial charge in [0.1, 0.15) is 0 Å². The molecule has 0 spiro atoms. The van der Waals surface area contributed by atoms with Crippen LogP contribution in [0.5, 0.6) is 0 Å². The fourth-order valence-corrected chi connectivity index (χ4v) is 0.510. The van der Waals surface area contributed by atoms with Crippen molar-refractivity contribution in [2.24, 2.45) is 0 Å². The van der Waals surface area contributed by atoms with Crippen LogP contribution in [0, 0.1) is 0 Å². The van der Waals surface area contributed by atoms with Gasteiger partial charge in [-0.2, -0.15) is 0 Å². The van der Waals surface area contributed by atoms with Gasteiger partial charge in [0.25, 0.3) is 0 Å². The molecule has 0 saturated carbocycles. The van der Waals surface area contributed by atoms with E-state index in [-0.39, 0.29) is 0 Å². The average molecular weight is 98.1 g/mol. The highest BCUT2D eigenvalue weighted by atomic mass is 16.1. The van der Waals surface area contributed by atoms with Gasteiger partial charge in [-0.3, -0.25) is 0 Å². The van der Waals surface area contributed by atoms with E-state index < -0.39 is 0 Å². The Balaban J connectivity index is 2.57. The number of carbonyl (C=O) groups excluding carboxylic acids is 1. The monoisotopic (exact) mass is 98.0 g/mol. The smallest absolute Gasteiger partial charge is 0.186 e. The molecule has 3 heteroatoms.